The third-order valence-electron chi connectivity index (χ3n) is 2.72. The Bertz CT molecular complexity index is 434. The molecule has 0 spiro atoms. The van der Waals surface area contributed by atoms with E-state index in [9.17, 15) is 4.79 Å². The Kier molecular flexibility index (Phi) is 4.35. The van der Waals surface area contributed by atoms with Gasteiger partial charge in [0.1, 0.15) is 0 Å². The summed E-state index contributed by atoms with van der Waals surface area (Å²) in [6.45, 7) is 2.08. The first kappa shape index (κ1) is 14.5. The monoisotopic (exact) mass is 251 g/mol. The molecule has 0 atom stereocenters. The van der Waals surface area contributed by atoms with Gasteiger partial charge in [-0.2, -0.15) is 0 Å². The van der Waals surface area contributed by atoms with Crippen LogP contribution in [0.2, 0.25) is 0 Å². The van der Waals surface area contributed by atoms with Crippen LogP contribution in [0.4, 0.5) is 10.5 Å². The van der Waals surface area contributed by atoms with Crippen molar-refractivity contribution in [3.05, 3.63) is 23.8 Å². The minimum atomic E-state index is -0.349. The van der Waals surface area contributed by atoms with Gasteiger partial charge in [0.05, 0.1) is 21.1 Å². The topological polar surface area (TPSA) is 29.5 Å². The number of aryl methyl sites for hydroxylation is 1. The summed E-state index contributed by atoms with van der Waals surface area (Å²) in [6, 6.07) is 6.04. The van der Waals surface area contributed by atoms with E-state index < -0.39 is 0 Å². The highest BCUT2D eigenvalue weighted by Gasteiger charge is 2.21. The largest absolute Gasteiger partial charge is 0.414 e. The summed E-state index contributed by atoms with van der Waals surface area (Å²) in [5.41, 5.74) is 2.15. The Labute approximate surface area is 109 Å². The molecule has 0 radical (unpaired) electrons. The van der Waals surface area contributed by atoms with Crippen LogP contribution in [0.5, 0.6) is 5.75 Å². The summed E-state index contributed by atoms with van der Waals surface area (Å²) in [4.78, 5) is 13.1. The molecule has 1 amide bonds. The number of benzene rings is 1. The van der Waals surface area contributed by atoms with Gasteiger partial charge in [-0.25, -0.2) is 4.79 Å². The number of nitrogens with zero attached hydrogens (tertiary/aromatic N) is 2. The van der Waals surface area contributed by atoms with Crippen LogP contribution in [-0.4, -0.2) is 46.2 Å². The van der Waals surface area contributed by atoms with Gasteiger partial charge < -0.3 is 9.64 Å². The van der Waals surface area contributed by atoms with Gasteiger partial charge in [-0.1, -0.05) is 13.0 Å². The highest BCUT2D eigenvalue weighted by molar-refractivity contribution is 5.73. The Morgan fingerprint density at radius 2 is 1.89 bits per heavy atom. The first-order valence-electron chi connectivity index (χ1n) is 6.09. The standard InChI is InChI=1S/C14H23N2O2/c1-7-11-8-9-12(16(4,5)6)13(10-11)18-14(17)15(2)3/h8-10H,7H2,1-6H3/q+1. The number of ether oxygens (including phenoxy) is 1. The maximum Gasteiger partial charge on any atom is 0.414 e. The van der Waals surface area contributed by atoms with Crippen LogP contribution in [0.1, 0.15) is 12.5 Å². The third kappa shape index (κ3) is 3.47. The van der Waals surface area contributed by atoms with Crippen molar-refractivity contribution < 1.29 is 9.53 Å². The second-order valence-corrected chi connectivity index (χ2v) is 5.43. The molecule has 0 aliphatic carbocycles. The number of carbonyl (C=O) groups excluding carboxylic acids is 1. The van der Waals surface area contributed by atoms with Crippen LogP contribution in [-0.2, 0) is 6.42 Å². The van der Waals surface area contributed by atoms with E-state index in [0.717, 1.165) is 17.7 Å². The van der Waals surface area contributed by atoms with Crippen LogP contribution in [0, 0.1) is 0 Å². The van der Waals surface area contributed by atoms with Crippen molar-refractivity contribution >= 4 is 11.8 Å². The predicted molar refractivity (Wildman–Crippen MR) is 75.1 cm³/mol. The lowest BCUT2D eigenvalue weighted by Crippen LogP contribution is -2.36. The van der Waals surface area contributed by atoms with E-state index in [4.69, 9.17) is 4.74 Å². The number of hydrogen-bond donors (Lipinski definition) is 0. The average molecular weight is 251 g/mol. The molecule has 0 saturated carbocycles. The van der Waals surface area contributed by atoms with E-state index in [0.29, 0.717) is 10.2 Å². The summed E-state index contributed by atoms with van der Waals surface area (Å²) < 4.78 is 6.06. The van der Waals surface area contributed by atoms with E-state index >= 15 is 0 Å². The van der Waals surface area contributed by atoms with Gasteiger partial charge in [0.2, 0.25) is 0 Å². The summed E-state index contributed by atoms with van der Waals surface area (Å²) >= 11 is 0. The van der Waals surface area contributed by atoms with E-state index in [1.165, 1.54) is 4.90 Å². The third-order valence-corrected chi connectivity index (χ3v) is 2.72. The molecular formula is C14H23N2O2+. The molecule has 0 N–H and O–H groups in total. The first-order chi connectivity index (χ1) is 8.25. The zero-order valence-electron chi connectivity index (χ0n) is 12.2. The molecule has 1 aromatic rings. The van der Waals surface area contributed by atoms with Gasteiger partial charge in [-0.05, 0) is 18.1 Å². The van der Waals surface area contributed by atoms with Crippen molar-refractivity contribution in [1.29, 1.82) is 0 Å². The minimum Gasteiger partial charge on any atom is -0.404 e. The summed E-state index contributed by atoms with van der Waals surface area (Å²) in [5, 5.41) is 0. The smallest absolute Gasteiger partial charge is 0.404 e. The number of rotatable bonds is 3. The molecule has 4 nitrogen and oxygen atoms in total. The highest BCUT2D eigenvalue weighted by atomic mass is 16.6. The lowest BCUT2D eigenvalue weighted by molar-refractivity contribution is 0.171. The summed E-state index contributed by atoms with van der Waals surface area (Å²) in [7, 11) is 9.51. The van der Waals surface area contributed by atoms with Gasteiger partial charge in [0, 0.05) is 20.2 Å². The Morgan fingerprint density at radius 1 is 1.28 bits per heavy atom. The molecule has 0 aromatic heterocycles. The van der Waals surface area contributed by atoms with Crippen LogP contribution < -0.4 is 9.22 Å². The van der Waals surface area contributed by atoms with Gasteiger partial charge in [-0.3, -0.25) is 4.48 Å². The Hall–Kier alpha value is -1.55. The number of hydrogen-bond acceptors (Lipinski definition) is 2. The number of quaternary nitrogens is 1. The molecule has 0 aliphatic heterocycles. The molecule has 18 heavy (non-hydrogen) atoms. The number of amides is 1. The zero-order chi connectivity index (χ0) is 13.9. The van der Waals surface area contributed by atoms with Crippen molar-refractivity contribution in [3.63, 3.8) is 0 Å². The molecule has 4 heteroatoms. The van der Waals surface area contributed by atoms with Crippen LogP contribution in [0.3, 0.4) is 0 Å². The molecule has 0 bridgehead atoms. The highest BCUT2D eigenvalue weighted by Crippen LogP contribution is 2.31. The lowest BCUT2D eigenvalue weighted by atomic mass is 10.1. The molecule has 0 aliphatic rings. The molecule has 0 unspecified atom stereocenters. The van der Waals surface area contributed by atoms with E-state index in [1.807, 2.05) is 33.3 Å². The van der Waals surface area contributed by atoms with Crippen LogP contribution in [0.15, 0.2) is 18.2 Å². The van der Waals surface area contributed by atoms with Crippen molar-refractivity contribution in [2.45, 2.75) is 13.3 Å². The molecule has 100 valence electrons. The molecular weight excluding hydrogens is 228 g/mol. The maximum atomic E-state index is 11.7. The predicted octanol–water partition coefficient (Wildman–Crippen LogP) is 2.51. The average Bonchev–Trinajstić information content (AvgIpc) is 2.27. The zero-order valence-corrected chi connectivity index (χ0v) is 12.2. The van der Waals surface area contributed by atoms with Crippen LogP contribution >= 0.6 is 0 Å². The summed E-state index contributed by atoms with van der Waals surface area (Å²) in [5.74, 6) is 0.639. The quantitative estimate of drug-likeness (QED) is 0.772. The van der Waals surface area contributed by atoms with Gasteiger partial charge in [-0.15, -0.1) is 0 Å². The van der Waals surface area contributed by atoms with Crippen molar-refractivity contribution in [1.82, 2.24) is 9.38 Å². The van der Waals surface area contributed by atoms with E-state index in [1.54, 1.807) is 14.1 Å². The molecule has 1 aromatic carbocycles. The molecule has 0 saturated heterocycles. The first-order valence-corrected chi connectivity index (χ1v) is 6.09. The fourth-order valence-corrected chi connectivity index (χ4v) is 1.60. The van der Waals surface area contributed by atoms with Gasteiger partial charge in [0.15, 0.2) is 11.4 Å². The lowest BCUT2D eigenvalue weighted by Gasteiger charge is -2.26. The fourth-order valence-electron chi connectivity index (χ4n) is 1.60. The molecule has 1 rings (SSSR count). The van der Waals surface area contributed by atoms with Crippen molar-refractivity contribution in [3.8, 4) is 5.75 Å². The normalized spacial score (nSPS) is 11.2. The molecule has 0 fully saturated rings. The minimum absolute atomic E-state index is 0.349. The number of carbonyl (C=O) groups is 1. The molecule has 0 heterocycles. The van der Waals surface area contributed by atoms with Gasteiger partial charge in [0.25, 0.3) is 0 Å². The fraction of sp³-hybridized carbons (Fsp3) is 0.500. The van der Waals surface area contributed by atoms with Crippen LogP contribution in [0.25, 0.3) is 0 Å². The second-order valence-electron chi connectivity index (χ2n) is 5.43. The Balaban J connectivity index is 3.16. The second kappa shape index (κ2) is 5.40. The summed E-state index contributed by atoms with van der Waals surface area (Å²) in [6.07, 6.45) is 0.571. The van der Waals surface area contributed by atoms with E-state index in [-0.39, 0.29) is 6.09 Å². The van der Waals surface area contributed by atoms with E-state index in [2.05, 4.69) is 13.0 Å². The van der Waals surface area contributed by atoms with Crippen molar-refractivity contribution in [2.75, 3.05) is 35.2 Å². The SMILES string of the molecule is CCc1ccc([N+](C)(C)C)c(OC(=O)N(C)C)c1. The Morgan fingerprint density at radius 3 is 2.33 bits per heavy atom. The van der Waals surface area contributed by atoms with Gasteiger partial charge >= 0.3 is 6.09 Å². The van der Waals surface area contributed by atoms with Crippen molar-refractivity contribution in [2.24, 2.45) is 0 Å². The maximum absolute atomic E-state index is 11.7.